The number of amides is 1. The third kappa shape index (κ3) is 2.25. The average Bonchev–Trinajstić information content (AvgIpc) is 2.25. The molecule has 1 aliphatic rings. The number of piperidine rings is 1. The van der Waals surface area contributed by atoms with E-state index in [4.69, 9.17) is 5.73 Å². The summed E-state index contributed by atoms with van der Waals surface area (Å²) in [6.45, 7) is 0. The van der Waals surface area contributed by atoms with E-state index in [0.29, 0.717) is 18.4 Å². The first-order valence-corrected chi connectivity index (χ1v) is 5.87. The molecule has 1 amide bonds. The first-order chi connectivity index (χ1) is 7.58. The highest BCUT2D eigenvalue weighted by molar-refractivity contribution is 9.10. The summed E-state index contributed by atoms with van der Waals surface area (Å²) < 4.78 is 13.9. The lowest BCUT2D eigenvalue weighted by atomic mass is 9.93. The quantitative estimate of drug-likeness (QED) is 0.828. The Bertz CT molecular complexity index is 424. The maximum Gasteiger partial charge on any atom is 0.220 e. The van der Waals surface area contributed by atoms with E-state index in [1.807, 2.05) is 0 Å². The minimum Gasteiger partial charge on any atom is -0.348 e. The van der Waals surface area contributed by atoms with Crippen molar-refractivity contribution in [3.8, 4) is 0 Å². The molecule has 0 aromatic heterocycles. The van der Waals surface area contributed by atoms with E-state index < -0.39 is 0 Å². The molecule has 0 saturated carbocycles. The topological polar surface area (TPSA) is 55.1 Å². The van der Waals surface area contributed by atoms with E-state index in [2.05, 4.69) is 21.2 Å². The van der Waals surface area contributed by atoms with Crippen molar-refractivity contribution in [1.82, 2.24) is 5.32 Å². The molecule has 86 valence electrons. The zero-order valence-electron chi connectivity index (χ0n) is 8.54. The van der Waals surface area contributed by atoms with Gasteiger partial charge in [0, 0.05) is 16.9 Å². The summed E-state index contributed by atoms with van der Waals surface area (Å²) in [5, 5.41) is 2.79. The SMILES string of the molecule is NC1CCC(=O)NC1c1cc(F)ccc1Br. The van der Waals surface area contributed by atoms with Crippen LogP contribution in [0.1, 0.15) is 24.4 Å². The van der Waals surface area contributed by atoms with Gasteiger partial charge in [0.1, 0.15) is 5.82 Å². The fraction of sp³-hybridized carbons (Fsp3) is 0.364. The van der Waals surface area contributed by atoms with Crippen molar-refractivity contribution in [2.24, 2.45) is 5.73 Å². The number of nitrogens with one attached hydrogen (secondary N) is 1. The van der Waals surface area contributed by atoms with Crippen LogP contribution in [0.2, 0.25) is 0 Å². The Labute approximate surface area is 101 Å². The Hall–Kier alpha value is -0.940. The molecule has 0 bridgehead atoms. The molecule has 2 rings (SSSR count). The van der Waals surface area contributed by atoms with Gasteiger partial charge in [-0.3, -0.25) is 4.79 Å². The molecule has 1 saturated heterocycles. The summed E-state index contributed by atoms with van der Waals surface area (Å²) in [6.07, 6.45) is 1.06. The van der Waals surface area contributed by atoms with Crippen molar-refractivity contribution in [3.63, 3.8) is 0 Å². The zero-order valence-corrected chi connectivity index (χ0v) is 10.1. The number of rotatable bonds is 1. The van der Waals surface area contributed by atoms with Gasteiger partial charge in [-0.15, -0.1) is 0 Å². The monoisotopic (exact) mass is 286 g/mol. The molecule has 16 heavy (non-hydrogen) atoms. The molecule has 1 heterocycles. The average molecular weight is 287 g/mol. The highest BCUT2D eigenvalue weighted by Crippen LogP contribution is 2.29. The molecular weight excluding hydrogens is 275 g/mol. The lowest BCUT2D eigenvalue weighted by Gasteiger charge is -2.30. The van der Waals surface area contributed by atoms with Crippen molar-refractivity contribution in [1.29, 1.82) is 0 Å². The van der Waals surface area contributed by atoms with Gasteiger partial charge in [-0.25, -0.2) is 4.39 Å². The maximum atomic E-state index is 13.2. The van der Waals surface area contributed by atoms with Crippen LogP contribution in [-0.2, 0) is 4.79 Å². The molecule has 1 aromatic rings. The normalized spacial score (nSPS) is 25.3. The van der Waals surface area contributed by atoms with Gasteiger partial charge in [0.05, 0.1) is 6.04 Å². The number of carbonyl (C=O) groups is 1. The van der Waals surface area contributed by atoms with Crippen molar-refractivity contribution < 1.29 is 9.18 Å². The second-order valence-corrected chi connectivity index (χ2v) is 4.77. The van der Waals surface area contributed by atoms with Crippen LogP contribution < -0.4 is 11.1 Å². The zero-order chi connectivity index (χ0) is 11.7. The Morgan fingerprint density at radius 2 is 2.25 bits per heavy atom. The van der Waals surface area contributed by atoms with Gasteiger partial charge in [0.15, 0.2) is 0 Å². The number of hydrogen-bond donors (Lipinski definition) is 2. The van der Waals surface area contributed by atoms with Crippen LogP contribution in [0.15, 0.2) is 22.7 Å². The summed E-state index contributed by atoms with van der Waals surface area (Å²) in [6, 6.07) is 3.91. The van der Waals surface area contributed by atoms with Crippen LogP contribution in [0.25, 0.3) is 0 Å². The van der Waals surface area contributed by atoms with Gasteiger partial charge in [-0.05, 0) is 30.2 Å². The minimum absolute atomic E-state index is 0.0390. The van der Waals surface area contributed by atoms with E-state index in [1.165, 1.54) is 12.1 Å². The summed E-state index contributed by atoms with van der Waals surface area (Å²) >= 11 is 3.34. The molecular formula is C11H12BrFN2O. The number of halogens is 2. The molecule has 0 aliphatic carbocycles. The molecule has 1 aromatic carbocycles. The molecule has 1 aliphatic heterocycles. The molecule has 5 heteroatoms. The van der Waals surface area contributed by atoms with Gasteiger partial charge >= 0.3 is 0 Å². The van der Waals surface area contributed by atoms with Crippen molar-refractivity contribution in [2.75, 3.05) is 0 Å². The molecule has 0 radical (unpaired) electrons. The Morgan fingerprint density at radius 3 is 3.00 bits per heavy atom. The predicted molar refractivity (Wildman–Crippen MR) is 62.2 cm³/mol. The smallest absolute Gasteiger partial charge is 0.220 e. The van der Waals surface area contributed by atoms with Crippen LogP contribution in [0.3, 0.4) is 0 Å². The Kier molecular flexibility index (Phi) is 3.25. The van der Waals surface area contributed by atoms with Crippen LogP contribution in [0, 0.1) is 5.82 Å². The first-order valence-electron chi connectivity index (χ1n) is 5.08. The fourth-order valence-electron chi connectivity index (χ4n) is 1.88. The summed E-state index contributed by atoms with van der Waals surface area (Å²) in [7, 11) is 0. The molecule has 2 unspecified atom stereocenters. The van der Waals surface area contributed by atoms with Crippen molar-refractivity contribution >= 4 is 21.8 Å². The van der Waals surface area contributed by atoms with Crippen molar-refractivity contribution in [3.05, 3.63) is 34.1 Å². The lowest BCUT2D eigenvalue weighted by molar-refractivity contribution is -0.123. The Morgan fingerprint density at radius 1 is 1.50 bits per heavy atom. The molecule has 1 fully saturated rings. The van der Waals surface area contributed by atoms with E-state index in [0.717, 1.165) is 4.47 Å². The molecule has 3 N–H and O–H groups in total. The minimum atomic E-state index is -0.328. The molecule has 2 atom stereocenters. The maximum absolute atomic E-state index is 13.2. The predicted octanol–water partition coefficient (Wildman–Crippen LogP) is 1.87. The molecule has 3 nitrogen and oxygen atoms in total. The standard InChI is InChI=1S/C11H12BrFN2O/c12-8-2-1-6(13)5-7(8)11-9(14)3-4-10(16)15-11/h1-2,5,9,11H,3-4,14H2,(H,15,16). The van der Waals surface area contributed by atoms with Crippen LogP contribution >= 0.6 is 15.9 Å². The second-order valence-electron chi connectivity index (χ2n) is 3.91. The van der Waals surface area contributed by atoms with E-state index in [1.54, 1.807) is 6.07 Å². The van der Waals surface area contributed by atoms with Gasteiger partial charge in [-0.2, -0.15) is 0 Å². The fourth-order valence-corrected chi connectivity index (χ4v) is 2.37. The number of carbonyl (C=O) groups excluding carboxylic acids is 1. The van der Waals surface area contributed by atoms with E-state index in [-0.39, 0.29) is 23.8 Å². The van der Waals surface area contributed by atoms with Gasteiger partial charge in [-0.1, -0.05) is 15.9 Å². The highest BCUT2D eigenvalue weighted by Gasteiger charge is 2.28. The van der Waals surface area contributed by atoms with Gasteiger partial charge in [0.2, 0.25) is 5.91 Å². The van der Waals surface area contributed by atoms with Crippen LogP contribution in [-0.4, -0.2) is 11.9 Å². The van der Waals surface area contributed by atoms with Crippen LogP contribution in [0.4, 0.5) is 4.39 Å². The summed E-state index contributed by atoms with van der Waals surface area (Å²) in [4.78, 5) is 11.3. The summed E-state index contributed by atoms with van der Waals surface area (Å²) in [5.74, 6) is -0.368. The van der Waals surface area contributed by atoms with Gasteiger partial charge < -0.3 is 11.1 Å². The number of hydrogen-bond acceptors (Lipinski definition) is 2. The second kappa shape index (κ2) is 4.51. The molecule has 0 spiro atoms. The third-order valence-electron chi connectivity index (χ3n) is 2.74. The third-order valence-corrected chi connectivity index (χ3v) is 3.46. The first kappa shape index (κ1) is 11.5. The van der Waals surface area contributed by atoms with Gasteiger partial charge in [0.25, 0.3) is 0 Å². The van der Waals surface area contributed by atoms with Crippen LogP contribution in [0.5, 0.6) is 0 Å². The largest absolute Gasteiger partial charge is 0.348 e. The Balaban J connectivity index is 2.34. The number of nitrogens with two attached hydrogens (primary N) is 1. The van der Waals surface area contributed by atoms with E-state index >= 15 is 0 Å². The highest BCUT2D eigenvalue weighted by atomic mass is 79.9. The van der Waals surface area contributed by atoms with E-state index in [9.17, 15) is 9.18 Å². The lowest BCUT2D eigenvalue weighted by Crippen LogP contribution is -2.45. The summed E-state index contributed by atoms with van der Waals surface area (Å²) in [5.41, 5.74) is 6.63. The number of benzene rings is 1. The van der Waals surface area contributed by atoms with Crippen molar-refractivity contribution in [2.45, 2.75) is 24.9 Å².